The highest BCUT2D eigenvalue weighted by Gasteiger charge is 2.36. The van der Waals surface area contributed by atoms with Crippen LogP contribution in [0.1, 0.15) is 130 Å². The molecule has 0 N–H and O–H groups in total. The normalized spacial score (nSPS) is 13.6. The fourth-order valence-electron chi connectivity index (χ4n) is 10.0. The summed E-state index contributed by atoms with van der Waals surface area (Å²) in [5.41, 5.74) is 23.9. The number of hydrogen-bond donors (Lipinski definition) is 0. The van der Waals surface area contributed by atoms with Crippen molar-refractivity contribution in [3.63, 3.8) is 0 Å². The highest BCUT2D eigenvalue weighted by atomic mass is 15.1. The maximum absolute atomic E-state index is 2.46. The zero-order valence-corrected chi connectivity index (χ0v) is 43.2. The van der Waals surface area contributed by atoms with Gasteiger partial charge in [0.2, 0.25) is 0 Å². The van der Waals surface area contributed by atoms with Gasteiger partial charge in [0.1, 0.15) is 0 Å². The molecule has 0 atom stereocenters. The van der Waals surface area contributed by atoms with Crippen LogP contribution in [-0.2, 0) is 27.1 Å². The van der Waals surface area contributed by atoms with Crippen LogP contribution < -0.4 is 4.90 Å². The monoisotopic (exact) mass is 890 g/mol. The molecular formula is C67H71N. The Morgan fingerprint density at radius 2 is 0.691 bits per heavy atom. The predicted octanol–water partition coefficient (Wildman–Crippen LogP) is 19.3. The maximum Gasteiger partial charge on any atom is 0.0540 e. The van der Waals surface area contributed by atoms with Crippen LogP contribution in [0.5, 0.6) is 0 Å². The van der Waals surface area contributed by atoms with Crippen LogP contribution >= 0.6 is 0 Å². The minimum Gasteiger partial charge on any atom is -0.310 e. The van der Waals surface area contributed by atoms with Crippen molar-refractivity contribution in [3.8, 4) is 55.6 Å². The Balaban J connectivity index is 1.24. The second kappa shape index (κ2) is 17.0. The van der Waals surface area contributed by atoms with Gasteiger partial charge in [-0.05, 0) is 154 Å². The second-order valence-corrected chi connectivity index (χ2v) is 24.1. The van der Waals surface area contributed by atoms with Gasteiger partial charge >= 0.3 is 0 Å². The number of anilines is 3. The zero-order chi connectivity index (χ0) is 48.6. The lowest BCUT2D eigenvalue weighted by Crippen LogP contribution is -2.17. The van der Waals surface area contributed by atoms with Gasteiger partial charge in [-0.15, -0.1) is 0 Å². The van der Waals surface area contributed by atoms with Crippen molar-refractivity contribution in [2.45, 2.75) is 124 Å². The summed E-state index contributed by atoms with van der Waals surface area (Å²) in [7, 11) is 0. The summed E-state index contributed by atoms with van der Waals surface area (Å²) in [6, 6.07) is 66.9. The fraction of sp³-hybridized carbons (Fsp3) is 0.284. The van der Waals surface area contributed by atoms with E-state index in [0.29, 0.717) is 0 Å². The summed E-state index contributed by atoms with van der Waals surface area (Å²) in [6.07, 6.45) is 0. The molecule has 9 rings (SSSR count). The SMILES string of the molecule is CC(C)(C)c1cc(-c2cc(-c3ccc(N(c4ccc5c(c4)C(C)(C)c4ccccc4-5)c4ccccc4-c4ccccc4)cc3)cc(-c3cc(C(C)(C)C)cc(C(C)(C)C)c3)c2)cc(C(C)(C)C)c1. The molecule has 344 valence electrons. The number of fused-ring (bicyclic) bond motifs is 3. The molecule has 8 aromatic carbocycles. The Bertz CT molecular complexity index is 2990. The minimum atomic E-state index is -0.126. The van der Waals surface area contributed by atoms with Crippen LogP contribution in [0.2, 0.25) is 0 Å². The number of nitrogens with zero attached hydrogens (tertiary/aromatic N) is 1. The molecule has 0 aromatic heterocycles. The van der Waals surface area contributed by atoms with Gasteiger partial charge in [-0.3, -0.25) is 0 Å². The van der Waals surface area contributed by atoms with Gasteiger partial charge in [0, 0.05) is 22.4 Å². The van der Waals surface area contributed by atoms with Crippen LogP contribution in [0, 0.1) is 0 Å². The molecule has 0 saturated carbocycles. The maximum atomic E-state index is 2.46. The van der Waals surface area contributed by atoms with E-state index in [4.69, 9.17) is 0 Å². The molecule has 0 aliphatic heterocycles. The molecule has 0 bridgehead atoms. The quantitative estimate of drug-likeness (QED) is 0.154. The van der Waals surface area contributed by atoms with Crippen molar-refractivity contribution >= 4 is 17.1 Å². The third kappa shape index (κ3) is 9.01. The third-order valence-electron chi connectivity index (χ3n) is 14.4. The first-order valence-corrected chi connectivity index (χ1v) is 24.7. The van der Waals surface area contributed by atoms with E-state index in [0.717, 1.165) is 17.1 Å². The molecule has 0 heterocycles. The highest BCUT2D eigenvalue weighted by molar-refractivity contribution is 5.91. The molecule has 1 aliphatic rings. The first-order valence-electron chi connectivity index (χ1n) is 24.7. The van der Waals surface area contributed by atoms with Gasteiger partial charge in [0.05, 0.1) is 5.69 Å². The first kappa shape index (κ1) is 46.7. The molecule has 0 amide bonds. The second-order valence-electron chi connectivity index (χ2n) is 24.1. The Morgan fingerprint density at radius 1 is 0.294 bits per heavy atom. The van der Waals surface area contributed by atoms with E-state index in [1.807, 2.05) is 0 Å². The van der Waals surface area contributed by atoms with Gasteiger partial charge < -0.3 is 4.90 Å². The van der Waals surface area contributed by atoms with Gasteiger partial charge in [-0.25, -0.2) is 0 Å². The summed E-state index contributed by atoms with van der Waals surface area (Å²) in [5.74, 6) is 0. The third-order valence-corrected chi connectivity index (χ3v) is 14.4. The van der Waals surface area contributed by atoms with E-state index < -0.39 is 0 Å². The molecule has 1 heteroatoms. The summed E-state index contributed by atoms with van der Waals surface area (Å²) in [6.45, 7) is 32.7. The van der Waals surface area contributed by atoms with Crippen molar-refractivity contribution in [1.82, 2.24) is 0 Å². The molecule has 0 unspecified atom stereocenters. The van der Waals surface area contributed by atoms with Crippen molar-refractivity contribution in [2.75, 3.05) is 4.90 Å². The topological polar surface area (TPSA) is 3.24 Å². The molecule has 0 saturated heterocycles. The van der Waals surface area contributed by atoms with Gasteiger partial charge in [-0.1, -0.05) is 224 Å². The van der Waals surface area contributed by atoms with E-state index >= 15 is 0 Å². The van der Waals surface area contributed by atoms with Crippen LogP contribution in [0.3, 0.4) is 0 Å². The van der Waals surface area contributed by atoms with Crippen LogP contribution in [0.4, 0.5) is 17.1 Å². The minimum absolute atomic E-state index is 0.00149. The molecule has 0 fully saturated rings. The Kier molecular flexibility index (Phi) is 11.6. The molecule has 0 spiro atoms. The summed E-state index contributed by atoms with van der Waals surface area (Å²) < 4.78 is 0. The lowest BCUT2D eigenvalue weighted by molar-refractivity contribution is 0.568. The molecule has 1 aliphatic carbocycles. The average molecular weight is 890 g/mol. The van der Waals surface area contributed by atoms with Crippen molar-refractivity contribution in [1.29, 1.82) is 0 Å². The number of benzene rings is 8. The van der Waals surface area contributed by atoms with E-state index in [2.05, 4.69) is 278 Å². The summed E-state index contributed by atoms with van der Waals surface area (Å²) >= 11 is 0. The molecule has 68 heavy (non-hydrogen) atoms. The standard InChI is InChI=1S/C67H71N/c1-63(2,3)51-37-49(38-52(41-51)64(4,5)6)47-34-46(35-48(36-47)50-39-53(65(7,8)9)42-54(40-50)66(10,11)12)44-28-30-55(31-29-44)68(62-27-21-19-24-57(62)45-22-16-15-17-23-45)56-32-33-59-58-25-18-20-26-60(58)67(13,14)61(59)43-56/h15-43H,1-14H3. The molecular weight excluding hydrogens is 819 g/mol. The average Bonchev–Trinajstić information content (AvgIpc) is 3.53. The van der Waals surface area contributed by atoms with Crippen molar-refractivity contribution < 1.29 is 0 Å². The number of para-hydroxylation sites is 1. The first-order chi connectivity index (χ1) is 32.0. The van der Waals surface area contributed by atoms with Crippen LogP contribution in [0.25, 0.3) is 55.6 Å². The lowest BCUT2D eigenvalue weighted by Gasteiger charge is -2.30. The highest BCUT2D eigenvalue weighted by Crippen LogP contribution is 2.51. The van der Waals surface area contributed by atoms with E-state index in [9.17, 15) is 0 Å². The lowest BCUT2D eigenvalue weighted by atomic mass is 9.78. The van der Waals surface area contributed by atoms with E-state index in [1.54, 1.807) is 0 Å². The van der Waals surface area contributed by atoms with Gasteiger partial charge in [0.15, 0.2) is 0 Å². The fourth-order valence-corrected chi connectivity index (χ4v) is 10.0. The van der Waals surface area contributed by atoms with Crippen molar-refractivity contribution in [3.05, 3.63) is 209 Å². The summed E-state index contributed by atoms with van der Waals surface area (Å²) in [4.78, 5) is 2.46. The Hall–Kier alpha value is -6.44. The number of hydrogen-bond acceptors (Lipinski definition) is 1. The van der Waals surface area contributed by atoms with Gasteiger partial charge in [-0.2, -0.15) is 0 Å². The van der Waals surface area contributed by atoms with E-state index in [-0.39, 0.29) is 27.1 Å². The molecule has 8 aromatic rings. The predicted molar refractivity (Wildman–Crippen MR) is 295 cm³/mol. The zero-order valence-electron chi connectivity index (χ0n) is 43.2. The molecule has 0 radical (unpaired) electrons. The largest absolute Gasteiger partial charge is 0.310 e. The summed E-state index contributed by atoms with van der Waals surface area (Å²) in [5, 5.41) is 0. The Labute approximate surface area is 409 Å². The Morgan fingerprint density at radius 3 is 1.19 bits per heavy atom. The van der Waals surface area contributed by atoms with Gasteiger partial charge in [0.25, 0.3) is 0 Å². The van der Waals surface area contributed by atoms with Crippen molar-refractivity contribution in [2.24, 2.45) is 0 Å². The van der Waals surface area contributed by atoms with Crippen LogP contribution in [-0.4, -0.2) is 0 Å². The molecule has 1 nitrogen and oxygen atoms in total. The van der Waals surface area contributed by atoms with Crippen LogP contribution in [0.15, 0.2) is 176 Å². The smallest absolute Gasteiger partial charge is 0.0540 e. The van der Waals surface area contributed by atoms with E-state index in [1.165, 1.54) is 89.0 Å². The number of rotatable bonds is 7.